The van der Waals surface area contributed by atoms with Gasteiger partial charge < -0.3 is 15.0 Å². The summed E-state index contributed by atoms with van der Waals surface area (Å²) in [6.07, 6.45) is 3.18. The second kappa shape index (κ2) is 9.31. The number of esters is 1. The summed E-state index contributed by atoms with van der Waals surface area (Å²) in [5, 5.41) is 8.09. The lowest BCUT2D eigenvalue weighted by atomic mass is 10.2. The van der Waals surface area contributed by atoms with E-state index in [9.17, 15) is 9.59 Å². The molecule has 1 saturated heterocycles. The van der Waals surface area contributed by atoms with Crippen molar-refractivity contribution in [3.63, 3.8) is 0 Å². The van der Waals surface area contributed by atoms with E-state index in [4.69, 9.17) is 4.74 Å². The van der Waals surface area contributed by atoms with Crippen molar-refractivity contribution in [3.05, 3.63) is 42.4 Å². The number of carbonyl (C=O) groups is 2. The third kappa shape index (κ3) is 4.86. The van der Waals surface area contributed by atoms with Gasteiger partial charge in [0.05, 0.1) is 29.8 Å². The zero-order chi connectivity index (χ0) is 22.7. The topological polar surface area (TPSA) is 105 Å². The fourth-order valence-electron chi connectivity index (χ4n) is 3.69. The Balaban J connectivity index is 1.29. The molecule has 1 amide bonds. The van der Waals surface area contributed by atoms with Crippen LogP contribution in [0.5, 0.6) is 0 Å². The van der Waals surface area contributed by atoms with E-state index in [1.54, 1.807) is 55.3 Å². The zero-order valence-corrected chi connectivity index (χ0v) is 18.5. The van der Waals surface area contributed by atoms with E-state index in [-0.39, 0.29) is 18.0 Å². The minimum Gasteiger partial charge on any atom is -0.459 e. The third-order valence-electron chi connectivity index (χ3n) is 5.29. The molecular formula is C22H27N7O3. The predicted molar refractivity (Wildman–Crippen MR) is 121 cm³/mol. The largest absolute Gasteiger partial charge is 0.459 e. The Kier molecular flexibility index (Phi) is 6.31. The molecule has 1 N–H and O–H groups in total. The fraction of sp³-hybridized carbons (Fsp3) is 0.409. The number of benzene rings is 1. The molecule has 1 aliphatic rings. The van der Waals surface area contributed by atoms with Crippen LogP contribution in [0.2, 0.25) is 0 Å². The van der Waals surface area contributed by atoms with Crippen LogP contribution in [-0.2, 0) is 16.6 Å². The average Bonchev–Trinajstić information content (AvgIpc) is 3.15. The lowest BCUT2D eigenvalue weighted by Crippen LogP contribution is -2.49. The van der Waals surface area contributed by atoms with Crippen LogP contribution in [0.4, 0.5) is 11.5 Å². The van der Waals surface area contributed by atoms with E-state index >= 15 is 0 Å². The average molecular weight is 438 g/mol. The molecule has 0 bridgehead atoms. The van der Waals surface area contributed by atoms with E-state index in [2.05, 4.69) is 30.2 Å². The Hall–Kier alpha value is -3.53. The first kappa shape index (κ1) is 21.7. The number of aryl methyl sites for hydroxylation is 1. The Morgan fingerprint density at radius 1 is 1.09 bits per heavy atom. The second-order valence-corrected chi connectivity index (χ2v) is 8.05. The van der Waals surface area contributed by atoms with Crippen LogP contribution in [0.25, 0.3) is 11.0 Å². The summed E-state index contributed by atoms with van der Waals surface area (Å²) < 4.78 is 6.91. The molecule has 1 fully saturated rings. The van der Waals surface area contributed by atoms with E-state index < -0.39 is 0 Å². The fourth-order valence-corrected chi connectivity index (χ4v) is 3.69. The Morgan fingerprint density at radius 2 is 1.81 bits per heavy atom. The van der Waals surface area contributed by atoms with Gasteiger partial charge >= 0.3 is 5.97 Å². The second-order valence-electron chi connectivity index (χ2n) is 8.05. The number of nitrogens with one attached hydrogen (secondary N) is 1. The highest BCUT2D eigenvalue weighted by Crippen LogP contribution is 2.23. The van der Waals surface area contributed by atoms with Gasteiger partial charge in [-0.25, -0.2) is 14.8 Å². The number of piperazine rings is 1. The molecule has 0 aliphatic carbocycles. The van der Waals surface area contributed by atoms with Crippen LogP contribution in [0.15, 0.2) is 36.8 Å². The van der Waals surface area contributed by atoms with Crippen molar-refractivity contribution in [2.24, 2.45) is 7.05 Å². The number of nitrogens with zero attached hydrogens (tertiary/aromatic N) is 6. The van der Waals surface area contributed by atoms with Crippen molar-refractivity contribution in [3.8, 4) is 0 Å². The Morgan fingerprint density at radius 3 is 2.50 bits per heavy atom. The van der Waals surface area contributed by atoms with E-state index in [1.807, 2.05) is 7.05 Å². The molecule has 0 saturated carbocycles. The van der Waals surface area contributed by atoms with E-state index in [0.717, 1.165) is 43.0 Å². The SMILES string of the molecule is CC(C)OC(=O)c1ccc(NC(=O)CN2CCN(c3ncnc4c3cnn4C)CC2)cc1. The van der Waals surface area contributed by atoms with E-state index in [1.165, 1.54) is 0 Å². The monoisotopic (exact) mass is 437 g/mol. The number of amides is 1. The van der Waals surface area contributed by atoms with E-state index in [0.29, 0.717) is 17.8 Å². The quantitative estimate of drug-likeness (QED) is 0.581. The minimum atomic E-state index is -0.372. The molecule has 0 atom stereocenters. The normalized spacial score (nSPS) is 14.7. The summed E-state index contributed by atoms with van der Waals surface area (Å²) in [5.74, 6) is 0.416. The summed E-state index contributed by atoms with van der Waals surface area (Å²) >= 11 is 0. The van der Waals surface area contributed by atoms with Crippen molar-refractivity contribution < 1.29 is 14.3 Å². The highest BCUT2D eigenvalue weighted by molar-refractivity contribution is 5.94. The maximum atomic E-state index is 12.5. The van der Waals surface area contributed by atoms with Crippen LogP contribution < -0.4 is 10.2 Å². The van der Waals surface area contributed by atoms with Crippen molar-refractivity contribution in [1.29, 1.82) is 0 Å². The van der Waals surface area contributed by atoms with Gasteiger partial charge in [-0.2, -0.15) is 5.10 Å². The van der Waals surface area contributed by atoms with Gasteiger partial charge in [-0.15, -0.1) is 0 Å². The summed E-state index contributed by atoms with van der Waals surface area (Å²) in [4.78, 5) is 37.5. The number of anilines is 2. The maximum absolute atomic E-state index is 12.5. The summed E-state index contributed by atoms with van der Waals surface area (Å²) in [7, 11) is 1.86. The maximum Gasteiger partial charge on any atom is 0.338 e. The highest BCUT2D eigenvalue weighted by Gasteiger charge is 2.22. The highest BCUT2D eigenvalue weighted by atomic mass is 16.5. The molecule has 3 heterocycles. The van der Waals surface area contributed by atoms with Gasteiger partial charge in [-0.3, -0.25) is 14.4 Å². The number of ether oxygens (including phenoxy) is 1. The summed E-state index contributed by atoms with van der Waals surface area (Å²) in [6.45, 7) is 6.94. The van der Waals surface area contributed by atoms with Crippen LogP contribution in [-0.4, -0.2) is 75.4 Å². The molecule has 10 nitrogen and oxygen atoms in total. The first-order valence-corrected chi connectivity index (χ1v) is 10.6. The van der Waals surface area contributed by atoms with Crippen LogP contribution >= 0.6 is 0 Å². The number of aromatic nitrogens is 4. The van der Waals surface area contributed by atoms with Gasteiger partial charge in [-0.1, -0.05) is 0 Å². The molecule has 32 heavy (non-hydrogen) atoms. The molecule has 0 unspecified atom stereocenters. The number of fused-ring (bicyclic) bond motifs is 1. The minimum absolute atomic E-state index is 0.0901. The number of rotatable bonds is 6. The molecule has 3 aromatic rings. The third-order valence-corrected chi connectivity index (χ3v) is 5.29. The smallest absolute Gasteiger partial charge is 0.338 e. The van der Waals surface area contributed by atoms with Gasteiger partial charge in [0.15, 0.2) is 5.65 Å². The van der Waals surface area contributed by atoms with Gasteiger partial charge in [-0.05, 0) is 38.1 Å². The summed E-state index contributed by atoms with van der Waals surface area (Å²) in [5.41, 5.74) is 1.91. The molecule has 168 valence electrons. The lowest BCUT2D eigenvalue weighted by Gasteiger charge is -2.35. The van der Waals surface area contributed by atoms with Gasteiger partial charge in [0.25, 0.3) is 0 Å². The first-order chi connectivity index (χ1) is 15.4. The zero-order valence-electron chi connectivity index (χ0n) is 18.5. The standard InChI is InChI=1S/C22H27N7O3/c1-15(2)32-22(31)16-4-6-17(7-5-16)26-19(30)13-28-8-10-29(11-9-28)21-18-12-25-27(3)20(18)23-14-24-21/h4-7,12,14-15H,8-11,13H2,1-3H3,(H,26,30). The van der Waals surface area contributed by atoms with Crippen LogP contribution in [0.1, 0.15) is 24.2 Å². The van der Waals surface area contributed by atoms with Crippen molar-refractivity contribution in [1.82, 2.24) is 24.6 Å². The Bertz CT molecular complexity index is 1100. The molecule has 0 radical (unpaired) electrons. The predicted octanol–water partition coefficient (Wildman–Crippen LogP) is 1.69. The van der Waals surface area contributed by atoms with Crippen molar-refractivity contribution in [2.75, 3.05) is 42.9 Å². The Labute approximate surface area is 186 Å². The van der Waals surface area contributed by atoms with Gasteiger partial charge in [0.1, 0.15) is 12.1 Å². The lowest BCUT2D eigenvalue weighted by molar-refractivity contribution is -0.117. The number of hydrogen-bond donors (Lipinski definition) is 1. The number of carbonyl (C=O) groups excluding carboxylic acids is 2. The van der Waals surface area contributed by atoms with Gasteiger partial charge in [0.2, 0.25) is 5.91 Å². The molecule has 2 aromatic heterocycles. The molecular weight excluding hydrogens is 410 g/mol. The van der Waals surface area contributed by atoms with Crippen molar-refractivity contribution in [2.45, 2.75) is 20.0 Å². The molecule has 1 aromatic carbocycles. The molecule has 0 spiro atoms. The first-order valence-electron chi connectivity index (χ1n) is 10.6. The molecule has 1 aliphatic heterocycles. The van der Waals surface area contributed by atoms with Gasteiger partial charge in [0, 0.05) is 38.9 Å². The van der Waals surface area contributed by atoms with Crippen molar-refractivity contribution >= 4 is 34.4 Å². The molecule has 4 rings (SSSR count). The van der Waals surface area contributed by atoms with Crippen LogP contribution in [0, 0.1) is 0 Å². The molecule has 10 heteroatoms. The summed E-state index contributed by atoms with van der Waals surface area (Å²) in [6, 6.07) is 6.72. The number of hydrogen-bond acceptors (Lipinski definition) is 8. The van der Waals surface area contributed by atoms with Crippen LogP contribution in [0.3, 0.4) is 0 Å².